The van der Waals surface area contributed by atoms with E-state index in [0.29, 0.717) is 6.04 Å². The highest BCUT2D eigenvalue weighted by molar-refractivity contribution is 4.98. The lowest BCUT2D eigenvalue weighted by Crippen LogP contribution is -2.54. The normalized spacial score (nSPS) is 41.0. The van der Waals surface area contributed by atoms with Gasteiger partial charge in [-0.15, -0.1) is 0 Å². The fourth-order valence-electron chi connectivity index (χ4n) is 1.72. The Kier molecular flexibility index (Phi) is 2.10. The van der Waals surface area contributed by atoms with Crippen LogP contribution in [0.1, 0.15) is 25.7 Å². The predicted octanol–water partition coefficient (Wildman–Crippen LogP) is 0.278. The monoisotopic (exact) mass is 171 g/mol. The van der Waals surface area contributed by atoms with Crippen LogP contribution >= 0.6 is 0 Å². The van der Waals surface area contributed by atoms with Gasteiger partial charge in [-0.2, -0.15) is 0 Å². The van der Waals surface area contributed by atoms with Crippen LogP contribution in [-0.2, 0) is 4.74 Å². The molecule has 2 rings (SSSR count). The molecule has 0 aromatic carbocycles. The molecule has 0 spiro atoms. The molecule has 0 aliphatic heterocycles. The van der Waals surface area contributed by atoms with E-state index in [1.54, 1.807) is 7.11 Å². The van der Waals surface area contributed by atoms with E-state index in [9.17, 15) is 5.11 Å². The van der Waals surface area contributed by atoms with Crippen molar-refractivity contribution in [2.75, 3.05) is 13.7 Å². The molecule has 70 valence electrons. The van der Waals surface area contributed by atoms with E-state index in [1.807, 2.05) is 0 Å². The average Bonchev–Trinajstić information content (AvgIpc) is 2.78. The van der Waals surface area contributed by atoms with Crippen LogP contribution in [0.25, 0.3) is 0 Å². The molecule has 0 aromatic rings. The molecular formula is C9H17NO2. The fourth-order valence-corrected chi connectivity index (χ4v) is 1.72. The van der Waals surface area contributed by atoms with E-state index in [4.69, 9.17) is 4.74 Å². The number of hydrogen-bond acceptors (Lipinski definition) is 3. The summed E-state index contributed by atoms with van der Waals surface area (Å²) >= 11 is 0. The second-order valence-electron chi connectivity index (χ2n) is 4.15. The number of aliphatic hydroxyl groups is 1. The lowest BCUT2D eigenvalue weighted by atomic mass is 9.77. The Hall–Kier alpha value is -0.120. The largest absolute Gasteiger partial charge is 0.388 e. The van der Waals surface area contributed by atoms with Gasteiger partial charge in [0.25, 0.3) is 0 Å². The highest BCUT2D eigenvalue weighted by Crippen LogP contribution is 2.34. The minimum Gasteiger partial charge on any atom is -0.388 e. The van der Waals surface area contributed by atoms with Crippen molar-refractivity contribution in [3.8, 4) is 0 Å². The Morgan fingerprint density at radius 3 is 2.67 bits per heavy atom. The summed E-state index contributed by atoms with van der Waals surface area (Å²) in [6.07, 6.45) is 4.44. The van der Waals surface area contributed by atoms with Gasteiger partial charge in [-0.05, 0) is 12.8 Å². The third kappa shape index (κ3) is 1.79. The molecule has 3 nitrogen and oxygen atoms in total. The summed E-state index contributed by atoms with van der Waals surface area (Å²) in [7, 11) is 1.71. The van der Waals surface area contributed by atoms with Crippen LogP contribution in [0, 0.1) is 0 Å². The van der Waals surface area contributed by atoms with Crippen molar-refractivity contribution in [1.29, 1.82) is 0 Å². The minimum absolute atomic E-state index is 0.288. The zero-order chi connectivity index (χ0) is 8.60. The van der Waals surface area contributed by atoms with Gasteiger partial charge < -0.3 is 15.2 Å². The summed E-state index contributed by atoms with van der Waals surface area (Å²) in [4.78, 5) is 0. The van der Waals surface area contributed by atoms with Crippen molar-refractivity contribution in [1.82, 2.24) is 5.32 Å². The van der Waals surface area contributed by atoms with E-state index >= 15 is 0 Å². The minimum atomic E-state index is -0.469. The van der Waals surface area contributed by atoms with Crippen LogP contribution in [0.5, 0.6) is 0 Å². The van der Waals surface area contributed by atoms with E-state index < -0.39 is 5.60 Å². The summed E-state index contributed by atoms with van der Waals surface area (Å²) in [6, 6.07) is 0.690. The maximum absolute atomic E-state index is 9.85. The van der Waals surface area contributed by atoms with E-state index in [-0.39, 0.29) is 6.10 Å². The first-order valence-electron chi connectivity index (χ1n) is 4.70. The molecule has 2 aliphatic rings. The number of rotatable bonds is 4. The van der Waals surface area contributed by atoms with Crippen molar-refractivity contribution in [3.05, 3.63) is 0 Å². The SMILES string of the molecule is COC1CC(O)(CNC2CC2)C1. The first kappa shape index (κ1) is 8.48. The number of nitrogens with one attached hydrogen (secondary N) is 1. The van der Waals surface area contributed by atoms with Gasteiger partial charge in [0.05, 0.1) is 11.7 Å². The number of hydrogen-bond donors (Lipinski definition) is 2. The Balaban J connectivity index is 1.66. The average molecular weight is 171 g/mol. The molecule has 0 aromatic heterocycles. The fraction of sp³-hybridized carbons (Fsp3) is 1.00. The molecule has 2 fully saturated rings. The van der Waals surface area contributed by atoms with Gasteiger partial charge in [0.15, 0.2) is 0 Å². The van der Waals surface area contributed by atoms with Crippen molar-refractivity contribution in [2.24, 2.45) is 0 Å². The highest BCUT2D eigenvalue weighted by atomic mass is 16.5. The highest BCUT2D eigenvalue weighted by Gasteiger charge is 2.43. The summed E-state index contributed by atoms with van der Waals surface area (Å²) in [5, 5.41) is 13.2. The predicted molar refractivity (Wildman–Crippen MR) is 46.0 cm³/mol. The number of ether oxygens (including phenoxy) is 1. The van der Waals surface area contributed by atoms with Crippen LogP contribution in [0.4, 0.5) is 0 Å². The molecule has 2 saturated carbocycles. The van der Waals surface area contributed by atoms with Crippen molar-refractivity contribution < 1.29 is 9.84 Å². The Morgan fingerprint density at radius 1 is 1.50 bits per heavy atom. The van der Waals surface area contributed by atoms with Crippen molar-refractivity contribution in [2.45, 2.75) is 43.4 Å². The number of methoxy groups -OCH3 is 1. The molecule has 0 radical (unpaired) electrons. The van der Waals surface area contributed by atoms with Crippen LogP contribution < -0.4 is 5.32 Å². The van der Waals surface area contributed by atoms with Gasteiger partial charge >= 0.3 is 0 Å². The van der Waals surface area contributed by atoms with Gasteiger partial charge in [0.1, 0.15) is 0 Å². The standard InChI is InChI=1S/C9H17NO2/c1-12-8-4-9(11,5-8)6-10-7-2-3-7/h7-8,10-11H,2-6H2,1H3. The molecule has 0 atom stereocenters. The molecule has 2 aliphatic carbocycles. The Labute approximate surface area is 73.1 Å². The quantitative estimate of drug-likeness (QED) is 0.638. The summed E-state index contributed by atoms with van der Waals surface area (Å²) in [5.41, 5.74) is -0.469. The zero-order valence-corrected chi connectivity index (χ0v) is 7.55. The summed E-state index contributed by atoms with van der Waals surface area (Å²) in [6.45, 7) is 0.748. The van der Waals surface area contributed by atoms with Crippen LogP contribution in [-0.4, -0.2) is 36.5 Å². The van der Waals surface area contributed by atoms with E-state index in [0.717, 1.165) is 19.4 Å². The smallest absolute Gasteiger partial charge is 0.0821 e. The summed E-state index contributed by atoms with van der Waals surface area (Å²) < 4.78 is 5.12. The second-order valence-corrected chi connectivity index (χ2v) is 4.15. The lowest BCUT2D eigenvalue weighted by molar-refractivity contribution is -0.125. The maximum Gasteiger partial charge on any atom is 0.0821 e. The first-order valence-corrected chi connectivity index (χ1v) is 4.70. The summed E-state index contributed by atoms with van der Waals surface area (Å²) in [5.74, 6) is 0. The van der Waals surface area contributed by atoms with E-state index in [1.165, 1.54) is 12.8 Å². The van der Waals surface area contributed by atoms with E-state index in [2.05, 4.69) is 5.32 Å². The topological polar surface area (TPSA) is 41.5 Å². The van der Waals surface area contributed by atoms with Gasteiger partial charge in [-0.1, -0.05) is 0 Å². The molecule has 0 unspecified atom stereocenters. The van der Waals surface area contributed by atoms with Gasteiger partial charge in [0, 0.05) is 32.5 Å². The first-order chi connectivity index (χ1) is 5.72. The lowest BCUT2D eigenvalue weighted by Gasteiger charge is -2.42. The molecule has 0 heterocycles. The van der Waals surface area contributed by atoms with Crippen LogP contribution in [0.3, 0.4) is 0 Å². The Morgan fingerprint density at radius 2 is 2.17 bits per heavy atom. The zero-order valence-electron chi connectivity index (χ0n) is 7.55. The molecule has 12 heavy (non-hydrogen) atoms. The molecule has 2 N–H and O–H groups in total. The molecule has 0 bridgehead atoms. The molecular weight excluding hydrogens is 154 g/mol. The molecule has 0 amide bonds. The molecule has 3 heteroatoms. The van der Waals surface area contributed by atoms with Gasteiger partial charge in [-0.3, -0.25) is 0 Å². The van der Waals surface area contributed by atoms with Crippen LogP contribution in [0.2, 0.25) is 0 Å². The molecule has 0 saturated heterocycles. The van der Waals surface area contributed by atoms with Crippen molar-refractivity contribution >= 4 is 0 Å². The Bertz CT molecular complexity index is 162. The van der Waals surface area contributed by atoms with Crippen LogP contribution in [0.15, 0.2) is 0 Å². The second kappa shape index (κ2) is 2.98. The van der Waals surface area contributed by atoms with Gasteiger partial charge in [0.2, 0.25) is 0 Å². The van der Waals surface area contributed by atoms with Gasteiger partial charge in [-0.25, -0.2) is 0 Å². The maximum atomic E-state index is 9.85. The van der Waals surface area contributed by atoms with Crippen molar-refractivity contribution in [3.63, 3.8) is 0 Å². The third-order valence-electron chi connectivity index (χ3n) is 2.85. The third-order valence-corrected chi connectivity index (χ3v) is 2.85.